The molecule has 0 radical (unpaired) electrons. The molecule has 5 unspecified atom stereocenters. The molecule has 2 bridgehead atoms. The van der Waals surface area contributed by atoms with E-state index in [1.54, 1.807) is 0 Å². The maximum absolute atomic E-state index is 10.5. The number of nitrogens with two attached hydrogens (primary N) is 1. The topological polar surface area (TPSA) is 49.8 Å². The summed E-state index contributed by atoms with van der Waals surface area (Å²) in [4.78, 5) is 0. The van der Waals surface area contributed by atoms with Gasteiger partial charge in [0.2, 0.25) is 0 Å². The standard InChI is InChI=1S/C27H38N2.2C2H6.CH4/c1-16(2)6-7-18-8-9-20-22-19-14-27(15-28)23(24(19)29)17(3)10-13-26(27,5)21(22)11-12-25(18,20)4;2*1-2;/h18-22H,1,3,6-14,29H2,2,4-5H3;2*1-2H3;1H4/t18-,19-,20?,21?,22?,25?,26?,27+;;;/m1.../s1. The van der Waals surface area contributed by atoms with Gasteiger partial charge >= 0.3 is 0 Å². The van der Waals surface area contributed by atoms with E-state index in [4.69, 9.17) is 5.73 Å². The Kier molecular flexibility index (Phi) is 8.66. The molecule has 0 aromatic rings. The van der Waals surface area contributed by atoms with Crippen molar-refractivity contribution in [3.63, 3.8) is 0 Å². The first-order valence-electron chi connectivity index (χ1n) is 13.9. The maximum atomic E-state index is 10.5. The van der Waals surface area contributed by atoms with Gasteiger partial charge in [0.1, 0.15) is 0 Å². The third kappa shape index (κ3) is 3.63. The van der Waals surface area contributed by atoms with Crippen LogP contribution in [0.25, 0.3) is 0 Å². The van der Waals surface area contributed by atoms with Crippen LogP contribution in [0.4, 0.5) is 0 Å². The highest BCUT2D eigenvalue weighted by atomic mass is 14.8. The largest absolute Gasteiger partial charge is 0.402 e. The average molecular weight is 467 g/mol. The normalized spacial score (nSPS) is 43.1. The van der Waals surface area contributed by atoms with Crippen molar-refractivity contribution >= 4 is 0 Å². The summed E-state index contributed by atoms with van der Waals surface area (Å²) < 4.78 is 0. The molecule has 5 rings (SSSR count). The lowest BCUT2D eigenvalue weighted by Crippen LogP contribution is -2.58. The fraction of sp³-hybridized carbons (Fsp3) is 0.781. The van der Waals surface area contributed by atoms with Gasteiger partial charge in [-0.25, -0.2) is 0 Å². The summed E-state index contributed by atoms with van der Waals surface area (Å²) in [6.45, 7) is 23.8. The fourth-order valence-electron chi connectivity index (χ4n) is 9.32. The molecule has 5 aliphatic rings. The first-order chi connectivity index (χ1) is 15.7. The predicted molar refractivity (Wildman–Crippen MR) is 148 cm³/mol. The molecule has 0 aromatic carbocycles. The van der Waals surface area contributed by atoms with Gasteiger partial charge in [0, 0.05) is 11.6 Å². The first kappa shape index (κ1) is 28.7. The van der Waals surface area contributed by atoms with Gasteiger partial charge < -0.3 is 5.73 Å². The number of allylic oxidation sites excluding steroid dienone is 4. The smallest absolute Gasteiger partial charge is 0.0904 e. The van der Waals surface area contributed by atoms with Crippen LogP contribution >= 0.6 is 0 Å². The SMILES string of the molecule is C.C=C(C)CC[C@@H]1CCC2C3C(CCC21C)C1(C)CCC(=C)C2=C(N)[C@@H]3C[C@]21C#N.CC.CC. The number of hydrogen-bond donors (Lipinski definition) is 1. The highest BCUT2D eigenvalue weighted by Gasteiger charge is 2.71. The average Bonchev–Trinajstić information content (AvgIpc) is 3.31. The van der Waals surface area contributed by atoms with Crippen LogP contribution in [0.3, 0.4) is 0 Å². The Morgan fingerprint density at radius 2 is 1.74 bits per heavy atom. The Hall–Kier alpha value is -1.49. The molecule has 0 spiro atoms. The van der Waals surface area contributed by atoms with Gasteiger partial charge in [0.05, 0.1) is 11.5 Å². The number of fused-ring (bicyclic) bond motifs is 6. The molecule has 0 saturated heterocycles. The van der Waals surface area contributed by atoms with E-state index in [0.29, 0.717) is 23.2 Å². The molecule has 2 nitrogen and oxygen atoms in total. The third-order valence-electron chi connectivity index (χ3n) is 10.8. The van der Waals surface area contributed by atoms with Crippen LogP contribution in [-0.2, 0) is 0 Å². The molecular weight excluding hydrogens is 412 g/mol. The van der Waals surface area contributed by atoms with Crippen LogP contribution in [0.15, 0.2) is 35.6 Å². The number of nitriles is 1. The molecule has 2 heteroatoms. The highest BCUT2D eigenvalue weighted by molar-refractivity contribution is 5.53. The van der Waals surface area contributed by atoms with Crippen molar-refractivity contribution in [1.29, 1.82) is 5.26 Å². The summed E-state index contributed by atoms with van der Waals surface area (Å²) in [5.74, 6) is 3.30. The maximum Gasteiger partial charge on any atom is 0.0904 e. The number of rotatable bonds is 3. The van der Waals surface area contributed by atoms with E-state index in [2.05, 4.69) is 40.0 Å². The van der Waals surface area contributed by atoms with Gasteiger partial charge in [-0.3, -0.25) is 0 Å². The van der Waals surface area contributed by atoms with E-state index in [-0.39, 0.29) is 18.3 Å². The lowest BCUT2D eigenvalue weighted by atomic mass is 9.40. The molecule has 4 fully saturated rings. The molecule has 34 heavy (non-hydrogen) atoms. The Morgan fingerprint density at radius 3 is 2.32 bits per heavy atom. The Balaban J connectivity index is 0.000000777. The molecule has 4 saturated carbocycles. The van der Waals surface area contributed by atoms with E-state index in [0.717, 1.165) is 42.4 Å². The van der Waals surface area contributed by atoms with E-state index < -0.39 is 0 Å². The Labute approximate surface area is 212 Å². The summed E-state index contributed by atoms with van der Waals surface area (Å²) in [5, 5.41) is 10.5. The van der Waals surface area contributed by atoms with Crippen molar-refractivity contribution in [2.75, 3.05) is 0 Å². The Morgan fingerprint density at radius 1 is 1.09 bits per heavy atom. The van der Waals surface area contributed by atoms with Crippen LogP contribution in [0.5, 0.6) is 0 Å². The van der Waals surface area contributed by atoms with E-state index in [1.165, 1.54) is 49.7 Å². The summed E-state index contributed by atoms with van der Waals surface area (Å²) in [5.41, 5.74) is 11.8. The zero-order valence-corrected chi connectivity index (χ0v) is 22.7. The summed E-state index contributed by atoms with van der Waals surface area (Å²) >= 11 is 0. The van der Waals surface area contributed by atoms with Crippen molar-refractivity contribution in [3.05, 3.63) is 35.6 Å². The zero-order chi connectivity index (χ0) is 24.8. The molecule has 0 aliphatic heterocycles. The van der Waals surface area contributed by atoms with Crippen LogP contribution < -0.4 is 5.73 Å². The second kappa shape index (κ2) is 10.2. The van der Waals surface area contributed by atoms with Gasteiger partial charge in [-0.1, -0.05) is 61.1 Å². The van der Waals surface area contributed by atoms with Crippen molar-refractivity contribution in [2.24, 2.45) is 51.6 Å². The van der Waals surface area contributed by atoms with Crippen molar-refractivity contribution < 1.29 is 0 Å². The van der Waals surface area contributed by atoms with Gasteiger partial charge in [-0.05, 0) is 110 Å². The molecule has 0 aromatic heterocycles. The van der Waals surface area contributed by atoms with Crippen LogP contribution in [-0.4, -0.2) is 0 Å². The molecule has 5 aliphatic carbocycles. The predicted octanol–water partition coefficient (Wildman–Crippen LogP) is 9.20. The second-order valence-electron chi connectivity index (χ2n) is 11.8. The van der Waals surface area contributed by atoms with Crippen molar-refractivity contribution in [3.8, 4) is 6.07 Å². The number of nitrogens with zero attached hydrogens (tertiary/aromatic N) is 1. The third-order valence-corrected chi connectivity index (χ3v) is 10.8. The van der Waals surface area contributed by atoms with Crippen LogP contribution in [0.1, 0.15) is 114 Å². The molecule has 2 N–H and O–H groups in total. The molecule has 0 amide bonds. The lowest BCUT2D eigenvalue weighted by Gasteiger charge is -2.63. The molecule has 8 atom stereocenters. The van der Waals surface area contributed by atoms with Crippen LogP contribution in [0.2, 0.25) is 0 Å². The summed E-state index contributed by atoms with van der Waals surface area (Å²) in [7, 11) is 0. The minimum absolute atomic E-state index is 0. The first-order valence-corrected chi connectivity index (χ1v) is 13.9. The van der Waals surface area contributed by atoms with E-state index in [1.807, 2.05) is 27.7 Å². The minimum atomic E-state index is -0.371. The van der Waals surface area contributed by atoms with Crippen molar-refractivity contribution in [1.82, 2.24) is 0 Å². The fourth-order valence-corrected chi connectivity index (χ4v) is 9.32. The Bertz CT molecular complexity index is 859. The van der Waals surface area contributed by atoms with E-state index in [9.17, 15) is 5.26 Å². The summed E-state index contributed by atoms with van der Waals surface area (Å²) in [6, 6.07) is 2.85. The van der Waals surface area contributed by atoms with E-state index >= 15 is 0 Å². The van der Waals surface area contributed by atoms with Gasteiger partial charge in [-0.2, -0.15) is 5.26 Å². The molecule has 192 valence electrons. The van der Waals surface area contributed by atoms with Gasteiger partial charge in [-0.15, -0.1) is 6.58 Å². The molecular formula is C32H54N2. The minimum Gasteiger partial charge on any atom is -0.402 e. The zero-order valence-electron chi connectivity index (χ0n) is 22.7. The molecule has 0 heterocycles. The van der Waals surface area contributed by atoms with Gasteiger partial charge in [0.25, 0.3) is 0 Å². The summed E-state index contributed by atoms with van der Waals surface area (Å²) in [6.07, 6.45) is 10.9. The monoisotopic (exact) mass is 466 g/mol. The highest BCUT2D eigenvalue weighted by Crippen LogP contribution is 2.76. The second-order valence-corrected chi connectivity index (χ2v) is 11.8. The van der Waals surface area contributed by atoms with Crippen LogP contribution in [0, 0.1) is 57.2 Å². The van der Waals surface area contributed by atoms with Crippen molar-refractivity contribution in [2.45, 2.75) is 114 Å². The lowest BCUT2D eigenvalue weighted by molar-refractivity contribution is -0.125. The number of hydrogen-bond acceptors (Lipinski definition) is 2. The van der Waals surface area contributed by atoms with Gasteiger partial charge in [0.15, 0.2) is 0 Å². The quantitative estimate of drug-likeness (QED) is 0.421.